The molecule has 0 aliphatic rings. The van der Waals surface area contributed by atoms with Gasteiger partial charge in [-0.3, -0.25) is 4.79 Å². The fourth-order valence-electron chi connectivity index (χ4n) is 2.41. The summed E-state index contributed by atoms with van der Waals surface area (Å²) in [5, 5.41) is 2.70. The van der Waals surface area contributed by atoms with Crippen LogP contribution in [0.15, 0.2) is 72.8 Å². The zero-order chi connectivity index (χ0) is 16.9. The van der Waals surface area contributed by atoms with Crippen LogP contribution in [0.25, 0.3) is 11.1 Å². The van der Waals surface area contributed by atoms with Crippen LogP contribution in [-0.4, -0.2) is 5.91 Å². The van der Waals surface area contributed by atoms with Gasteiger partial charge in [0, 0.05) is 5.69 Å². The average molecular weight is 340 g/mol. The Morgan fingerprint density at radius 1 is 0.917 bits per heavy atom. The average Bonchev–Trinajstić information content (AvgIpc) is 2.59. The van der Waals surface area contributed by atoms with Crippen molar-refractivity contribution in [1.82, 2.24) is 0 Å². The molecule has 0 atom stereocenters. The summed E-state index contributed by atoms with van der Waals surface area (Å²) in [5.41, 5.74) is 3.62. The zero-order valence-electron chi connectivity index (χ0n) is 12.8. The monoisotopic (exact) mass is 339 g/mol. The third-order valence-corrected chi connectivity index (χ3v) is 3.92. The molecule has 0 saturated carbocycles. The molecule has 1 amide bonds. The summed E-state index contributed by atoms with van der Waals surface area (Å²) < 4.78 is 13.1. The smallest absolute Gasteiger partial charge is 0.228 e. The molecule has 1 N–H and O–H groups in total. The maximum absolute atomic E-state index is 13.1. The third kappa shape index (κ3) is 4.00. The van der Waals surface area contributed by atoms with Crippen molar-refractivity contribution in [3.8, 4) is 11.1 Å². The van der Waals surface area contributed by atoms with Crippen LogP contribution in [0.2, 0.25) is 5.02 Å². The summed E-state index contributed by atoms with van der Waals surface area (Å²) in [7, 11) is 0. The van der Waals surface area contributed by atoms with Crippen LogP contribution >= 0.6 is 11.6 Å². The minimum atomic E-state index is -0.508. The first-order chi connectivity index (χ1) is 11.6. The van der Waals surface area contributed by atoms with Crippen molar-refractivity contribution in [2.24, 2.45) is 0 Å². The predicted molar refractivity (Wildman–Crippen MR) is 95.6 cm³/mol. The second kappa shape index (κ2) is 7.28. The molecule has 0 heterocycles. The highest BCUT2D eigenvalue weighted by Gasteiger charge is 2.07. The van der Waals surface area contributed by atoms with Crippen LogP contribution < -0.4 is 5.32 Å². The molecule has 0 aromatic heterocycles. The third-order valence-electron chi connectivity index (χ3n) is 3.63. The first-order valence-electron chi connectivity index (χ1n) is 7.51. The summed E-state index contributed by atoms with van der Waals surface area (Å²) in [6.45, 7) is 0. The van der Waals surface area contributed by atoms with E-state index in [0.717, 1.165) is 16.7 Å². The molecule has 3 aromatic rings. The van der Waals surface area contributed by atoms with Gasteiger partial charge in [-0.15, -0.1) is 0 Å². The number of carbonyl (C=O) groups is 1. The summed E-state index contributed by atoms with van der Waals surface area (Å²) >= 11 is 5.71. The first-order valence-corrected chi connectivity index (χ1v) is 7.89. The normalized spacial score (nSPS) is 10.4. The molecule has 0 saturated heterocycles. The van der Waals surface area contributed by atoms with E-state index in [9.17, 15) is 9.18 Å². The highest BCUT2D eigenvalue weighted by atomic mass is 35.5. The van der Waals surface area contributed by atoms with Gasteiger partial charge in [0.05, 0.1) is 11.4 Å². The van der Waals surface area contributed by atoms with Gasteiger partial charge in [-0.25, -0.2) is 4.39 Å². The van der Waals surface area contributed by atoms with E-state index in [1.807, 2.05) is 54.6 Å². The lowest BCUT2D eigenvalue weighted by molar-refractivity contribution is -0.115. The van der Waals surface area contributed by atoms with Gasteiger partial charge < -0.3 is 5.32 Å². The van der Waals surface area contributed by atoms with Crippen LogP contribution in [0.4, 0.5) is 10.1 Å². The maximum atomic E-state index is 13.1. The van der Waals surface area contributed by atoms with Gasteiger partial charge >= 0.3 is 0 Å². The molecular weight excluding hydrogens is 325 g/mol. The van der Waals surface area contributed by atoms with E-state index in [4.69, 9.17) is 11.6 Å². The van der Waals surface area contributed by atoms with Crippen molar-refractivity contribution in [1.29, 1.82) is 0 Å². The molecule has 0 fully saturated rings. The second-order valence-electron chi connectivity index (χ2n) is 5.42. The number of benzene rings is 3. The van der Waals surface area contributed by atoms with Gasteiger partial charge in [0.2, 0.25) is 5.91 Å². The van der Waals surface area contributed by atoms with E-state index in [0.29, 0.717) is 5.69 Å². The van der Waals surface area contributed by atoms with E-state index < -0.39 is 5.82 Å². The van der Waals surface area contributed by atoms with Crippen LogP contribution in [0.1, 0.15) is 5.56 Å². The molecule has 0 unspecified atom stereocenters. The topological polar surface area (TPSA) is 29.1 Å². The number of halogens is 2. The minimum Gasteiger partial charge on any atom is -0.326 e. The van der Waals surface area contributed by atoms with Gasteiger partial charge in [0.25, 0.3) is 0 Å². The Bertz CT molecular complexity index is 847. The summed E-state index contributed by atoms with van der Waals surface area (Å²) in [6.07, 6.45) is 0.240. The van der Waals surface area contributed by atoms with Crippen molar-refractivity contribution in [2.75, 3.05) is 5.32 Å². The van der Waals surface area contributed by atoms with Gasteiger partial charge in [0.1, 0.15) is 5.82 Å². The molecule has 120 valence electrons. The van der Waals surface area contributed by atoms with Gasteiger partial charge in [0.15, 0.2) is 0 Å². The van der Waals surface area contributed by atoms with Gasteiger partial charge in [-0.1, -0.05) is 66.2 Å². The van der Waals surface area contributed by atoms with E-state index in [1.165, 1.54) is 18.2 Å². The molecular formula is C20H15ClFNO. The lowest BCUT2D eigenvalue weighted by Crippen LogP contribution is -2.14. The molecule has 4 heteroatoms. The number of hydrogen-bond acceptors (Lipinski definition) is 1. The van der Waals surface area contributed by atoms with E-state index in [2.05, 4.69) is 5.32 Å². The number of rotatable bonds is 4. The van der Waals surface area contributed by atoms with Crippen LogP contribution in [-0.2, 0) is 11.2 Å². The number of anilines is 1. The number of amides is 1. The molecule has 0 bridgehead atoms. The van der Waals surface area contributed by atoms with Gasteiger partial charge in [-0.2, -0.15) is 0 Å². The number of nitrogens with one attached hydrogen (secondary N) is 1. The van der Waals surface area contributed by atoms with Crippen molar-refractivity contribution in [2.45, 2.75) is 6.42 Å². The maximum Gasteiger partial charge on any atom is 0.228 e. The number of carbonyl (C=O) groups excluding carboxylic acids is 1. The lowest BCUT2D eigenvalue weighted by Gasteiger charge is -2.07. The SMILES string of the molecule is O=C(Cc1ccc(-c2ccccc2)cc1)Nc1ccc(F)c(Cl)c1. The highest BCUT2D eigenvalue weighted by molar-refractivity contribution is 6.31. The summed E-state index contributed by atoms with van der Waals surface area (Å²) in [6, 6.07) is 22.0. The van der Waals surface area contributed by atoms with Crippen molar-refractivity contribution in [3.05, 3.63) is 89.2 Å². The zero-order valence-corrected chi connectivity index (χ0v) is 13.6. The van der Waals surface area contributed by atoms with Gasteiger partial charge in [-0.05, 0) is 34.9 Å². The Morgan fingerprint density at radius 2 is 1.58 bits per heavy atom. The minimum absolute atomic E-state index is 0.0139. The Morgan fingerprint density at radius 3 is 2.25 bits per heavy atom. The molecule has 0 aliphatic heterocycles. The van der Waals surface area contributed by atoms with E-state index in [-0.39, 0.29) is 17.4 Å². The highest BCUT2D eigenvalue weighted by Crippen LogP contribution is 2.21. The second-order valence-corrected chi connectivity index (χ2v) is 5.82. The molecule has 3 rings (SSSR count). The number of hydrogen-bond donors (Lipinski definition) is 1. The van der Waals surface area contributed by atoms with Crippen molar-refractivity contribution < 1.29 is 9.18 Å². The largest absolute Gasteiger partial charge is 0.326 e. The standard InChI is InChI=1S/C20H15ClFNO/c21-18-13-17(10-11-19(18)22)23-20(24)12-14-6-8-16(9-7-14)15-4-2-1-3-5-15/h1-11,13H,12H2,(H,23,24). The van der Waals surface area contributed by atoms with E-state index >= 15 is 0 Å². The Kier molecular flexibility index (Phi) is 4.92. The van der Waals surface area contributed by atoms with Crippen LogP contribution in [0, 0.1) is 5.82 Å². The fraction of sp³-hybridized carbons (Fsp3) is 0.0500. The predicted octanol–water partition coefficient (Wildman–Crippen LogP) is 5.33. The van der Waals surface area contributed by atoms with Crippen LogP contribution in [0.5, 0.6) is 0 Å². The molecule has 2 nitrogen and oxygen atoms in total. The quantitative estimate of drug-likeness (QED) is 0.684. The Balaban J connectivity index is 1.65. The molecule has 0 spiro atoms. The Hall–Kier alpha value is -2.65. The fourth-order valence-corrected chi connectivity index (χ4v) is 2.59. The summed E-state index contributed by atoms with van der Waals surface area (Å²) in [4.78, 5) is 12.1. The lowest BCUT2D eigenvalue weighted by atomic mass is 10.0. The molecule has 0 radical (unpaired) electrons. The Labute approximate surface area is 144 Å². The van der Waals surface area contributed by atoms with E-state index in [1.54, 1.807) is 0 Å². The first kappa shape index (κ1) is 16.2. The molecule has 3 aromatic carbocycles. The van der Waals surface area contributed by atoms with Crippen molar-refractivity contribution >= 4 is 23.2 Å². The molecule has 0 aliphatic carbocycles. The summed E-state index contributed by atoms with van der Waals surface area (Å²) in [5.74, 6) is -0.684. The van der Waals surface area contributed by atoms with Crippen LogP contribution in [0.3, 0.4) is 0 Å². The van der Waals surface area contributed by atoms with Crippen molar-refractivity contribution in [3.63, 3.8) is 0 Å². The molecule has 24 heavy (non-hydrogen) atoms.